The molecule has 7 nitrogen and oxygen atoms in total. The van der Waals surface area contributed by atoms with Crippen molar-refractivity contribution in [3.63, 3.8) is 0 Å². The first-order chi connectivity index (χ1) is 13.7. The van der Waals surface area contributed by atoms with Crippen LogP contribution in [0.3, 0.4) is 0 Å². The van der Waals surface area contributed by atoms with E-state index in [4.69, 9.17) is 14.9 Å². The molecule has 0 amide bonds. The van der Waals surface area contributed by atoms with Crippen molar-refractivity contribution in [1.29, 1.82) is 0 Å². The van der Waals surface area contributed by atoms with Crippen molar-refractivity contribution < 1.29 is 19.7 Å². The molecule has 2 fully saturated rings. The fourth-order valence-corrected chi connectivity index (χ4v) is 4.02. The second-order valence-electron chi connectivity index (χ2n) is 7.76. The molecular weight excluding hydrogens is 429 g/mol. The third-order valence-electron chi connectivity index (χ3n) is 5.83. The van der Waals surface area contributed by atoms with Gasteiger partial charge in [0, 0.05) is 44.9 Å². The van der Waals surface area contributed by atoms with Crippen LogP contribution in [0, 0.1) is 5.92 Å². The van der Waals surface area contributed by atoms with Gasteiger partial charge in [-0.25, -0.2) is 4.79 Å². The summed E-state index contributed by atoms with van der Waals surface area (Å²) in [4.78, 5) is 16.1. The second kappa shape index (κ2) is 13.9. The number of hydrogen-bond donors (Lipinski definition) is 3. The van der Waals surface area contributed by atoms with Crippen LogP contribution in [0.15, 0.2) is 24.3 Å². The van der Waals surface area contributed by atoms with Gasteiger partial charge in [0.05, 0.1) is 0 Å². The molecule has 3 rings (SSSR count). The van der Waals surface area contributed by atoms with E-state index in [1.165, 1.54) is 38.9 Å². The van der Waals surface area contributed by atoms with Crippen molar-refractivity contribution in [2.75, 3.05) is 57.3 Å². The van der Waals surface area contributed by atoms with E-state index in [-0.39, 0.29) is 37.8 Å². The van der Waals surface area contributed by atoms with Crippen LogP contribution in [-0.2, 0) is 4.79 Å². The van der Waals surface area contributed by atoms with Gasteiger partial charge in [0.1, 0.15) is 5.75 Å². The zero-order valence-corrected chi connectivity index (χ0v) is 19.0. The van der Waals surface area contributed by atoms with Crippen LogP contribution < -0.4 is 15.0 Å². The summed E-state index contributed by atoms with van der Waals surface area (Å²) in [6.45, 7) is 7.52. The molecule has 0 aromatic heterocycles. The first-order valence-corrected chi connectivity index (χ1v) is 10.4. The van der Waals surface area contributed by atoms with Gasteiger partial charge in [0.25, 0.3) is 0 Å². The van der Waals surface area contributed by atoms with Crippen LogP contribution in [0.2, 0.25) is 0 Å². The van der Waals surface area contributed by atoms with Gasteiger partial charge in [0.15, 0.2) is 6.10 Å². The minimum absolute atomic E-state index is 0. The highest BCUT2D eigenvalue weighted by Crippen LogP contribution is 2.23. The van der Waals surface area contributed by atoms with Gasteiger partial charge in [0.2, 0.25) is 0 Å². The molecule has 1 aromatic rings. The molecule has 9 heteroatoms. The Morgan fingerprint density at radius 2 is 1.73 bits per heavy atom. The van der Waals surface area contributed by atoms with Gasteiger partial charge in [-0.05, 0) is 69.1 Å². The number of piperidine rings is 1. The number of aliphatic hydroxyl groups is 1. The second-order valence-corrected chi connectivity index (χ2v) is 7.76. The Labute approximate surface area is 191 Å². The highest BCUT2D eigenvalue weighted by atomic mass is 35.5. The quantitative estimate of drug-likeness (QED) is 0.517. The summed E-state index contributed by atoms with van der Waals surface area (Å²) >= 11 is 0. The Hall–Kier alpha value is -1.25. The predicted octanol–water partition coefficient (Wildman–Crippen LogP) is 2.26. The molecule has 0 aliphatic carbocycles. The van der Waals surface area contributed by atoms with E-state index in [2.05, 4.69) is 15.1 Å². The van der Waals surface area contributed by atoms with Gasteiger partial charge < -0.3 is 25.2 Å². The lowest BCUT2D eigenvalue weighted by Crippen LogP contribution is -2.47. The molecule has 0 bridgehead atoms. The molecule has 0 spiro atoms. The van der Waals surface area contributed by atoms with Crippen molar-refractivity contribution in [2.24, 2.45) is 5.92 Å². The number of nitrogens with one attached hydrogen (secondary N) is 1. The summed E-state index contributed by atoms with van der Waals surface area (Å²) in [5, 5.41) is 21.5. The van der Waals surface area contributed by atoms with Gasteiger partial charge in [-0.3, -0.25) is 4.90 Å². The van der Waals surface area contributed by atoms with Crippen molar-refractivity contribution in [3.8, 4) is 5.75 Å². The number of aliphatic hydroxyl groups excluding tert-OH is 1. The monoisotopic (exact) mass is 463 g/mol. The number of ether oxygens (including phenoxy) is 1. The van der Waals surface area contributed by atoms with Crippen LogP contribution in [0.1, 0.15) is 25.7 Å². The van der Waals surface area contributed by atoms with Crippen LogP contribution in [0.25, 0.3) is 0 Å². The summed E-state index contributed by atoms with van der Waals surface area (Å²) in [6, 6.07) is 7.59. The van der Waals surface area contributed by atoms with Crippen LogP contribution in [0.5, 0.6) is 5.75 Å². The van der Waals surface area contributed by atoms with E-state index in [1.807, 2.05) is 24.3 Å². The molecule has 2 saturated heterocycles. The lowest BCUT2D eigenvalue weighted by molar-refractivity contribution is -0.145. The number of nitrogens with zero attached hydrogens (tertiary/aromatic N) is 2. The third kappa shape index (κ3) is 8.12. The lowest BCUT2D eigenvalue weighted by atomic mass is 9.94. The number of rotatable bonds is 9. The molecule has 1 aromatic carbocycles. The average molecular weight is 464 g/mol. The molecule has 0 radical (unpaired) electrons. The number of carboxylic acid groups (broad SMARTS) is 1. The molecule has 2 heterocycles. The van der Waals surface area contributed by atoms with E-state index >= 15 is 0 Å². The lowest BCUT2D eigenvalue weighted by Gasteiger charge is -2.37. The maximum Gasteiger partial charge on any atom is 0.344 e. The number of carbonyl (C=O) groups is 1. The number of aliphatic carboxylic acids is 1. The van der Waals surface area contributed by atoms with Gasteiger partial charge >= 0.3 is 5.97 Å². The number of halogens is 2. The SMILES string of the molecule is Cl.Cl.O=C(O)C(CCO)Oc1ccc(N2CCN(CCC3CCNCC3)CC2)cc1. The van der Waals surface area contributed by atoms with Gasteiger partial charge in [-0.1, -0.05) is 0 Å². The normalized spacial score (nSPS) is 18.8. The molecule has 2 aliphatic heterocycles. The third-order valence-corrected chi connectivity index (χ3v) is 5.83. The molecular formula is C21H35Cl2N3O4. The Bertz CT molecular complexity index is 607. The predicted molar refractivity (Wildman–Crippen MR) is 124 cm³/mol. The molecule has 1 unspecified atom stereocenters. The van der Waals surface area contributed by atoms with E-state index in [0.717, 1.165) is 37.8 Å². The van der Waals surface area contributed by atoms with E-state index in [1.54, 1.807) is 0 Å². The van der Waals surface area contributed by atoms with E-state index in [0.29, 0.717) is 5.75 Å². The first kappa shape index (κ1) is 26.8. The van der Waals surface area contributed by atoms with Crippen LogP contribution >= 0.6 is 24.8 Å². The Morgan fingerprint density at radius 1 is 1.10 bits per heavy atom. The molecule has 0 saturated carbocycles. The van der Waals surface area contributed by atoms with E-state index < -0.39 is 12.1 Å². The summed E-state index contributed by atoms with van der Waals surface area (Å²) < 4.78 is 5.47. The Kier molecular flexibility index (Phi) is 12.4. The zero-order valence-electron chi connectivity index (χ0n) is 17.4. The topological polar surface area (TPSA) is 85.3 Å². The zero-order chi connectivity index (χ0) is 19.8. The average Bonchev–Trinajstić information content (AvgIpc) is 2.73. The Morgan fingerprint density at radius 3 is 2.30 bits per heavy atom. The smallest absolute Gasteiger partial charge is 0.344 e. The molecule has 30 heavy (non-hydrogen) atoms. The summed E-state index contributed by atoms with van der Waals surface area (Å²) in [5.41, 5.74) is 1.14. The van der Waals surface area contributed by atoms with Crippen molar-refractivity contribution in [1.82, 2.24) is 10.2 Å². The van der Waals surface area contributed by atoms with Gasteiger partial charge in [-0.2, -0.15) is 0 Å². The fraction of sp³-hybridized carbons (Fsp3) is 0.667. The maximum atomic E-state index is 11.1. The maximum absolute atomic E-state index is 11.1. The summed E-state index contributed by atoms with van der Waals surface area (Å²) in [7, 11) is 0. The van der Waals surface area contributed by atoms with Crippen LogP contribution in [0.4, 0.5) is 5.69 Å². The summed E-state index contributed by atoms with van der Waals surface area (Å²) in [6.07, 6.45) is 3.01. The number of anilines is 1. The highest BCUT2D eigenvalue weighted by molar-refractivity contribution is 5.85. The molecule has 2 aliphatic rings. The molecule has 172 valence electrons. The minimum atomic E-state index is -1.06. The molecule has 1 atom stereocenters. The van der Waals surface area contributed by atoms with E-state index in [9.17, 15) is 4.79 Å². The van der Waals surface area contributed by atoms with Crippen LogP contribution in [-0.4, -0.2) is 79.6 Å². The number of benzene rings is 1. The highest BCUT2D eigenvalue weighted by Gasteiger charge is 2.21. The summed E-state index contributed by atoms with van der Waals surface area (Å²) in [5.74, 6) is 0.344. The minimum Gasteiger partial charge on any atom is -0.479 e. The number of piperazine rings is 1. The number of carboxylic acids is 1. The standard InChI is InChI=1S/C21H33N3O4.2ClH/c25-16-8-20(21(26)27)28-19-3-1-18(2-4-19)24-14-12-23(13-15-24)11-7-17-5-9-22-10-6-17;;/h1-4,17,20,22,25H,5-16H2,(H,26,27);2*1H. The largest absolute Gasteiger partial charge is 0.479 e. The molecule has 3 N–H and O–H groups in total. The Balaban J connectivity index is 0.00000225. The first-order valence-electron chi connectivity index (χ1n) is 10.4. The van der Waals surface area contributed by atoms with Crippen molar-refractivity contribution >= 4 is 36.5 Å². The van der Waals surface area contributed by atoms with Gasteiger partial charge in [-0.15, -0.1) is 24.8 Å². The number of hydrogen-bond acceptors (Lipinski definition) is 6. The fourth-order valence-electron chi connectivity index (χ4n) is 4.02. The van der Waals surface area contributed by atoms with Crippen molar-refractivity contribution in [2.45, 2.75) is 31.8 Å². The van der Waals surface area contributed by atoms with Crippen molar-refractivity contribution in [3.05, 3.63) is 24.3 Å².